The van der Waals surface area contributed by atoms with Crippen molar-refractivity contribution in [3.63, 3.8) is 0 Å². The number of thioether (sulfide) groups is 1. The van der Waals surface area contributed by atoms with Crippen molar-refractivity contribution in [3.05, 3.63) is 0 Å². The zero-order valence-corrected chi connectivity index (χ0v) is 8.74. The van der Waals surface area contributed by atoms with Crippen LogP contribution in [0.1, 0.15) is 12.8 Å². The fraction of sp³-hybridized carbons (Fsp3) is 0.625. The Hall–Kier alpha value is -1.24. The first kappa shape index (κ1) is 11.8. The van der Waals surface area contributed by atoms with Gasteiger partial charge in [0.05, 0.1) is 6.42 Å². The number of aliphatic carboxylic acids is 2. The highest BCUT2D eigenvalue weighted by atomic mass is 32.2. The van der Waals surface area contributed by atoms with Crippen molar-refractivity contribution >= 4 is 29.7 Å². The molecule has 0 aromatic carbocycles. The number of esters is 1. The molecule has 1 saturated heterocycles. The summed E-state index contributed by atoms with van der Waals surface area (Å²) >= 11 is 1.16. The molecule has 1 fully saturated rings. The number of cyclic esters (lactones) is 1. The third-order valence-electron chi connectivity index (χ3n) is 2.19. The maximum Gasteiger partial charge on any atom is 0.348 e. The van der Waals surface area contributed by atoms with E-state index in [1.165, 1.54) is 0 Å². The van der Waals surface area contributed by atoms with Crippen LogP contribution in [-0.2, 0) is 19.1 Å². The zero-order valence-electron chi connectivity index (χ0n) is 7.93. The highest BCUT2D eigenvalue weighted by Gasteiger charge is 2.53. The van der Waals surface area contributed by atoms with E-state index in [-0.39, 0.29) is 6.42 Å². The van der Waals surface area contributed by atoms with Gasteiger partial charge in [-0.15, -0.1) is 0 Å². The number of carboxylic acid groups (broad SMARTS) is 2. The molecule has 1 aliphatic rings. The highest BCUT2D eigenvalue weighted by Crippen LogP contribution is 2.35. The number of carbonyl (C=O) groups is 3. The van der Waals surface area contributed by atoms with E-state index in [1.54, 1.807) is 6.26 Å². The van der Waals surface area contributed by atoms with Crippen LogP contribution < -0.4 is 0 Å². The second kappa shape index (κ2) is 4.09. The number of carboxylic acids is 2. The Morgan fingerprint density at radius 3 is 2.53 bits per heavy atom. The summed E-state index contributed by atoms with van der Waals surface area (Å²) in [4.78, 5) is 32.6. The van der Waals surface area contributed by atoms with Gasteiger partial charge in [0.2, 0.25) is 5.60 Å². The van der Waals surface area contributed by atoms with Gasteiger partial charge in [-0.05, 0) is 6.26 Å². The van der Waals surface area contributed by atoms with E-state index in [1.807, 2.05) is 0 Å². The lowest BCUT2D eigenvalue weighted by atomic mass is 9.96. The summed E-state index contributed by atoms with van der Waals surface area (Å²) in [5.41, 5.74) is -1.89. The van der Waals surface area contributed by atoms with Crippen molar-refractivity contribution in [2.45, 2.75) is 23.7 Å². The summed E-state index contributed by atoms with van der Waals surface area (Å²) in [5.74, 6) is -3.37. The number of ether oxygens (including phenoxy) is 1. The van der Waals surface area contributed by atoms with Gasteiger partial charge in [0.15, 0.2) is 0 Å². The molecule has 0 aromatic rings. The van der Waals surface area contributed by atoms with E-state index >= 15 is 0 Å². The molecule has 0 aliphatic carbocycles. The molecule has 0 amide bonds. The Balaban J connectivity index is 2.91. The fourth-order valence-electron chi connectivity index (χ4n) is 1.42. The SMILES string of the molecule is CS[C@H]1C[C@@](CC(=O)O)(C(=O)O)OC1=O. The Labute approximate surface area is 89.6 Å². The number of rotatable bonds is 4. The van der Waals surface area contributed by atoms with Gasteiger partial charge in [-0.3, -0.25) is 9.59 Å². The first-order valence-corrected chi connectivity index (χ1v) is 5.41. The van der Waals surface area contributed by atoms with Crippen LogP contribution in [-0.4, -0.2) is 45.2 Å². The Bertz CT molecular complexity index is 314. The molecule has 0 unspecified atom stereocenters. The lowest BCUT2D eigenvalue weighted by molar-refractivity contribution is -0.173. The summed E-state index contributed by atoms with van der Waals surface area (Å²) < 4.78 is 4.68. The molecule has 0 aromatic heterocycles. The average Bonchev–Trinajstić information content (AvgIpc) is 2.42. The zero-order chi connectivity index (χ0) is 11.6. The quantitative estimate of drug-likeness (QED) is 0.658. The molecule has 1 rings (SSSR count). The molecule has 0 saturated carbocycles. The number of carbonyl (C=O) groups excluding carboxylic acids is 1. The summed E-state index contributed by atoms with van der Waals surface area (Å²) in [6.45, 7) is 0. The average molecular weight is 234 g/mol. The topological polar surface area (TPSA) is 101 Å². The Morgan fingerprint density at radius 1 is 1.60 bits per heavy atom. The van der Waals surface area contributed by atoms with Crippen molar-refractivity contribution in [2.24, 2.45) is 0 Å². The van der Waals surface area contributed by atoms with Gasteiger partial charge in [-0.2, -0.15) is 11.8 Å². The maximum absolute atomic E-state index is 11.2. The van der Waals surface area contributed by atoms with Crippen LogP contribution in [0, 0.1) is 0 Å². The van der Waals surface area contributed by atoms with Crippen LogP contribution >= 0.6 is 11.8 Å². The summed E-state index contributed by atoms with van der Waals surface area (Å²) in [6.07, 6.45) is 0.838. The number of hydrogen-bond donors (Lipinski definition) is 2. The normalized spacial score (nSPS) is 29.9. The van der Waals surface area contributed by atoms with Gasteiger partial charge in [-0.25, -0.2) is 4.79 Å². The summed E-state index contributed by atoms with van der Waals surface area (Å²) in [5, 5.41) is 16.9. The van der Waals surface area contributed by atoms with Gasteiger partial charge in [0, 0.05) is 6.42 Å². The summed E-state index contributed by atoms with van der Waals surface area (Å²) in [6, 6.07) is 0. The predicted molar refractivity (Wildman–Crippen MR) is 50.6 cm³/mol. The second-order valence-corrected chi connectivity index (χ2v) is 4.26. The van der Waals surface area contributed by atoms with Crippen molar-refractivity contribution < 1.29 is 29.3 Å². The van der Waals surface area contributed by atoms with Crippen molar-refractivity contribution in [1.29, 1.82) is 0 Å². The smallest absolute Gasteiger partial charge is 0.348 e. The molecule has 0 bridgehead atoms. The highest BCUT2D eigenvalue weighted by molar-refractivity contribution is 7.99. The van der Waals surface area contributed by atoms with Crippen LogP contribution in [0.15, 0.2) is 0 Å². The first-order valence-electron chi connectivity index (χ1n) is 4.12. The largest absolute Gasteiger partial charge is 0.481 e. The van der Waals surface area contributed by atoms with Gasteiger partial charge in [0.25, 0.3) is 0 Å². The molecule has 2 N–H and O–H groups in total. The van der Waals surface area contributed by atoms with E-state index in [2.05, 4.69) is 4.74 Å². The van der Waals surface area contributed by atoms with E-state index in [0.29, 0.717) is 0 Å². The molecule has 1 aliphatic heterocycles. The molecule has 15 heavy (non-hydrogen) atoms. The van der Waals surface area contributed by atoms with Crippen molar-refractivity contribution in [2.75, 3.05) is 6.26 Å². The van der Waals surface area contributed by atoms with Crippen LogP contribution in [0.4, 0.5) is 0 Å². The Morgan fingerprint density at radius 2 is 2.20 bits per heavy atom. The lowest BCUT2D eigenvalue weighted by Gasteiger charge is -2.19. The summed E-state index contributed by atoms with van der Waals surface area (Å²) in [7, 11) is 0. The predicted octanol–water partition coefficient (Wildman–Crippen LogP) is -0.0370. The molecular weight excluding hydrogens is 224 g/mol. The molecule has 2 atom stereocenters. The molecule has 0 radical (unpaired) electrons. The molecule has 84 valence electrons. The van der Waals surface area contributed by atoms with E-state index < -0.39 is 35.2 Å². The number of hydrogen-bond acceptors (Lipinski definition) is 5. The van der Waals surface area contributed by atoms with E-state index in [0.717, 1.165) is 11.8 Å². The Kier molecular flexibility index (Phi) is 3.23. The third-order valence-corrected chi connectivity index (χ3v) is 3.11. The fourth-order valence-corrected chi connectivity index (χ4v) is 2.10. The molecule has 0 spiro atoms. The standard InChI is InChI=1S/C8H10O6S/c1-15-4-2-8(7(12)13,3-5(9)10)14-6(4)11/h4H,2-3H2,1H3,(H,9,10)(H,12,13)/t4-,8+/m0/s1. The van der Waals surface area contributed by atoms with Gasteiger partial charge in [-0.1, -0.05) is 0 Å². The van der Waals surface area contributed by atoms with Crippen LogP contribution in [0.3, 0.4) is 0 Å². The monoisotopic (exact) mass is 234 g/mol. The molecule has 7 heteroatoms. The minimum absolute atomic E-state index is 0.103. The van der Waals surface area contributed by atoms with E-state index in [9.17, 15) is 14.4 Å². The first-order chi connectivity index (χ1) is 6.91. The maximum atomic E-state index is 11.2. The third kappa shape index (κ3) is 2.23. The molecular formula is C8H10O6S. The van der Waals surface area contributed by atoms with Gasteiger partial charge in [0.1, 0.15) is 5.25 Å². The minimum atomic E-state index is -1.89. The lowest BCUT2D eigenvalue weighted by Crippen LogP contribution is -2.40. The van der Waals surface area contributed by atoms with Crippen molar-refractivity contribution in [3.8, 4) is 0 Å². The minimum Gasteiger partial charge on any atom is -0.481 e. The molecule has 1 heterocycles. The van der Waals surface area contributed by atoms with E-state index in [4.69, 9.17) is 10.2 Å². The second-order valence-electron chi connectivity index (χ2n) is 3.22. The van der Waals surface area contributed by atoms with Crippen molar-refractivity contribution in [1.82, 2.24) is 0 Å². The van der Waals surface area contributed by atoms with Crippen LogP contribution in [0.25, 0.3) is 0 Å². The molecule has 6 nitrogen and oxygen atoms in total. The van der Waals surface area contributed by atoms with Crippen LogP contribution in [0.5, 0.6) is 0 Å². The van der Waals surface area contributed by atoms with Gasteiger partial charge < -0.3 is 14.9 Å². The van der Waals surface area contributed by atoms with Crippen LogP contribution in [0.2, 0.25) is 0 Å². The van der Waals surface area contributed by atoms with Gasteiger partial charge >= 0.3 is 17.9 Å².